The molecule has 0 aromatic carbocycles. The van der Waals surface area contributed by atoms with Crippen LogP contribution in [-0.2, 0) is 6.42 Å². The lowest BCUT2D eigenvalue weighted by molar-refractivity contribution is -0.105. The Labute approximate surface area is 187 Å². The Morgan fingerprint density at radius 1 is 1.33 bits per heavy atom. The fourth-order valence-corrected chi connectivity index (χ4v) is 4.34. The molecule has 2 atom stereocenters. The number of amides is 1. The van der Waals surface area contributed by atoms with Crippen LogP contribution in [0.1, 0.15) is 53.3 Å². The van der Waals surface area contributed by atoms with Crippen LogP contribution in [-0.4, -0.2) is 55.3 Å². The van der Waals surface area contributed by atoms with Gasteiger partial charge in [0.15, 0.2) is 5.65 Å². The minimum atomic E-state index is -2.72. The van der Waals surface area contributed by atoms with Gasteiger partial charge in [0.05, 0.1) is 24.0 Å². The molecule has 0 radical (unpaired) electrons. The van der Waals surface area contributed by atoms with E-state index in [1.165, 1.54) is 21.5 Å². The van der Waals surface area contributed by atoms with Crippen molar-refractivity contribution in [3.05, 3.63) is 57.8 Å². The molecular formula is C22H24F2N6O3. The van der Waals surface area contributed by atoms with Crippen molar-refractivity contribution in [1.82, 2.24) is 24.5 Å². The van der Waals surface area contributed by atoms with Crippen LogP contribution in [0.5, 0.6) is 0 Å². The maximum atomic E-state index is 13.3. The number of pyridine rings is 1. The number of anilines is 1. The lowest BCUT2D eigenvalue weighted by atomic mass is 9.88. The smallest absolute Gasteiger partial charge is 0.257 e. The van der Waals surface area contributed by atoms with Crippen molar-refractivity contribution in [3.8, 4) is 0 Å². The Balaban J connectivity index is 1.45. The molecule has 0 unspecified atom stereocenters. The molecule has 5 rings (SSSR count). The monoisotopic (exact) mass is 458 g/mol. The Bertz CT molecular complexity index is 1280. The highest BCUT2D eigenvalue weighted by Crippen LogP contribution is 2.44. The number of halogens is 2. The summed E-state index contributed by atoms with van der Waals surface area (Å²) in [4.78, 5) is 30.2. The minimum absolute atomic E-state index is 0.168. The van der Waals surface area contributed by atoms with E-state index < -0.39 is 18.1 Å². The van der Waals surface area contributed by atoms with Gasteiger partial charge in [0.2, 0.25) is 0 Å². The number of hydrogen-bond acceptors (Lipinski definition) is 6. The average molecular weight is 458 g/mol. The van der Waals surface area contributed by atoms with E-state index in [1.54, 1.807) is 25.2 Å². The summed E-state index contributed by atoms with van der Waals surface area (Å²) in [6, 6.07) is 4.25. The topological polar surface area (TPSA) is 114 Å². The van der Waals surface area contributed by atoms with Crippen molar-refractivity contribution in [3.63, 3.8) is 0 Å². The number of hydrogen-bond donors (Lipinski definition) is 3. The zero-order valence-electron chi connectivity index (χ0n) is 18.0. The van der Waals surface area contributed by atoms with Crippen LogP contribution in [0.2, 0.25) is 0 Å². The van der Waals surface area contributed by atoms with Crippen LogP contribution in [0.25, 0.3) is 5.65 Å². The quantitative estimate of drug-likeness (QED) is 0.519. The molecule has 3 heterocycles. The van der Waals surface area contributed by atoms with E-state index >= 15 is 0 Å². The molecule has 3 N–H and O–H groups in total. The molecule has 0 saturated heterocycles. The molecule has 1 amide bonds. The zero-order chi connectivity index (χ0) is 23.3. The summed E-state index contributed by atoms with van der Waals surface area (Å²) < 4.78 is 29.5. The minimum Gasteiger partial charge on any atom is -0.391 e. The maximum absolute atomic E-state index is 13.3. The first kappa shape index (κ1) is 21.5. The molecule has 2 saturated carbocycles. The van der Waals surface area contributed by atoms with E-state index in [1.807, 2.05) is 0 Å². The number of carbonyl (C=O) groups is 1. The fraction of sp³-hybridized carbons (Fsp3) is 0.455. The van der Waals surface area contributed by atoms with Gasteiger partial charge in [-0.05, 0) is 18.9 Å². The molecule has 174 valence electrons. The van der Waals surface area contributed by atoms with Gasteiger partial charge in [-0.1, -0.05) is 6.07 Å². The molecular weight excluding hydrogens is 434 g/mol. The predicted molar refractivity (Wildman–Crippen MR) is 116 cm³/mol. The molecule has 2 aliphatic carbocycles. The Hall–Kier alpha value is -3.34. The SMILES string of the molecule is CNc1cc(Cc2cccn(C3CC(F)(F)C3)c2=O)nc2c(C(=O)N[C@@H]3CC[C@@H]3O)cnn12. The lowest BCUT2D eigenvalue weighted by Crippen LogP contribution is -2.50. The van der Waals surface area contributed by atoms with Gasteiger partial charge in [0.1, 0.15) is 11.4 Å². The first-order valence-corrected chi connectivity index (χ1v) is 10.9. The van der Waals surface area contributed by atoms with Crippen LogP contribution in [0.3, 0.4) is 0 Å². The van der Waals surface area contributed by atoms with E-state index in [9.17, 15) is 23.5 Å². The summed E-state index contributed by atoms with van der Waals surface area (Å²) in [6.45, 7) is 0. The van der Waals surface area contributed by atoms with Gasteiger partial charge in [0.25, 0.3) is 17.4 Å². The van der Waals surface area contributed by atoms with Crippen molar-refractivity contribution in [2.45, 2.75) is 56.2 Å². The van der Waals surface area contributed by atoms with Crippen molar-refractivity contribution >= 4 is 17.4 Å². The highest BCUT2D eigenvalue weighted by atomic mass is 19.3. The summed E-state index contributed by atoms with van der Waals surface area (Å²) in [7, 11) is 1.71. The first-order valence-electron chi connectivity index (χ1n) is 10.9. The number of carbonyl (C=O) groups excluding carboxylic acids is 1. The molecule has 0 spiro atoms. The molecule has 2 fully saturated rings. The number of aliphatic hydroxyl groups is 1. The molecule has 3 aromatic heterocycles. The number of nitrogens with zero attached hydrogens (tertiary/aromatic N) is 4. The van der Waals surface area contributed by atoms with Gasteiger partial charge in [0, 0.05) is 50.2 Å². The number of rotatable bonds is 6. The van der Waals surface area contributed by atoms with Crippen molar-refractivity contribution < 1.29 is 18.7 Å². The first-order chi connectivity index (χ1) is 15.8. The van der Waals surface area contributed by atoms with Crippen LogP contribution < -0.4 is 16.2 Å². The van der Waals surface area contributed by atoms with Crippen molar-refractivity contribution in [2.75, 3.05) is 12.4 Å². The third kappa shape index (κ3) is 3.86. The Morgan fingerprint density at radius 2 is 2.12 bits per heavy atom. The molecule has 3 aromatic rings. The van der Waals surface area contributed by atoms with Gasteiger partial charge < -0.3 is 20.3 Å². The average Bonchev–Trinajstić information content (AvgIpc) is 3.19. The van der Waals surface area contributed by atoms with Gasteiger partial charge in [-0.3, -0.25) is 9.59 Å². The van der Waals surface area contributed by atoms with E-state index in [2.05, 4.69) is 20.7 Å². The van der Waals surface area contributed by atoms with Crippen molar-refractivity contribution in [2.24, 2.45) is 0 Å². The normalized spacial score (nSPS) is 21.9. The van der Waals surface area contributed by atoms with Gasteiger partial charge in [-0.25, -0.2) is 13.8 Å². The summed E-state index contributed by atoms with van der Waals surface area (Å²) >= 11 is 0. The number of nitrogens with one attached hydrogen (secondary N) is 2. The number of alkyl halides is 2. The molecule has 11 heteroatoms. The zero-order valence-corrected chi connectivity index (χ0v) is 18.0. The number of aromatic nitrogens is 4. The second-order valence-electron chi connectivity index (χ2n) is 8.74. The summed E-state index contributed by atoms with van der Waals surface area (Å²) in [5.74, 6) is -2.52. The standard InChI is InChI=1S/C22H24F2N6O3/c1-25-18-8-13(7-12-3-2-6-29(21(12)33)14-9-22(23,24)10-14)27-19-15(11-26-30(18)19)20(32)28-16-4-5-17(16)31/h2-3,6,8,11,14,16-17,25,31H,4-5,7,9-10H2,1H3,(H,28,32)/t16-,17+/m1/s1. The Morgan fingerprint density at radius 3 is 2.76 bits per heavy atom. The summed E-state index contributed by atoms with van der Waals surface area (Å²) in [5.41, 5.74) is 1.21. The van der Waals surface area contributed by atoms with Crippen LogP contribution in [0.15, 0.2) is 35.4 Å². The van der Waals surface area contributed by atoms with Gasteiger partial charge in [-0.2, -0.15) is 9.61 Å². The maximum Gasteiger partial charge on any atom is 0.257 e. The second kappa shape index (κ2) is 7.91. The Kier molecular flexibility index (Phi) is 5.15. The van der Waals surface area contributed by atoms with Gasteiger partial charge in [-0.15, -0.1) is 0 Å². The predicted octanol–water partition coefficient (Wildman–Crippen LogP) is 1.75. The third-order valence-electron chi connectivity index (χ3n) is 6.47. The van der Waals surface area contributed by atoms with Crippen molar-refractivity contribution in [1.29, 1.82) is 0 Å². The lowest BCUT2D eigenvalue weighted by Gasteiger charge is -2.36. The van der Waals surface area contributed by atoms with Gasteiger partial charge >= 0.3 is 0 Å². The molecule has 0 aliphatic heterocycles. The van der Waals surface area contributed by atoms with E-state index in [-0.39, 0.29) is 42.3 Å². The second-order valence-corrected chi connectivity index (χ2v) is 8.74. The third-order valence-corrected chi connectivity index (χ3v) is 6.47. The molecule has 0 bridgehead atoms. The van der Waals surface area contributed by atoms with Crippen LogP contribution in [0, 0.1) is 0 Å². The molecule has 9 nitrogen and oxygen atoms in total. The number of fused-ring (bicyclic) bond motifs is 1. The van der Waals surface area contributed by atoms with E-state index in [4.69, 9.17) is 0 Å². The van der Waals surface area contributed by atoms with Crippen LogP contribution in [0.4, 0.5) is 14.6 Å². The summed E-state index contributed by atoms with van der Waals surface area (Å²) in [6.07, 6.45) is 3.25. The molecule has 33 heavy (non-hydrogen) atoms. The number of aliphatic hydroxyl groups excluding tert-OH is 1. The van der Waals surface area contributed by atoms with E-state index in [0.29, 0.717) is 35.6 Å². The fourth-order valence-electron chi connectivity index (χ4n) is 4.34. The largest absolute Gasteiger partial charge is 0.391 e. The van der Waals surface area contributed by atoms with E-state index in [0.717, 1.165) is 0 Å². The summed E-state index contributed by atoms with van der Waals surface area (Å²) in [5, 5.41) is 19.8. The highest BCUT2D eigenvalue weighted by molar-refractivity contribution is 6.00. The molecule has 2 aliphatic rings. The van der Waals surface area contributed by atoms with Crippen LogP contribution >= 0.6 is 0 Å². The highest BCUT2D eigenvalue weighted by Gasteiger charge is 2.46.